The van der Waals surface area contributed by atoms with Crippen LogP contribution in [0.5, 0.6) is 0 Å². The van der Waals surface area contributed by atoms with E-state index in [1.54, 1.807) is 26.0 Å². The minimum atomic E-state index is -3.77. The molecule has 1 rings (SSSR count). The van der Waals surface area contributed by atoms with Gasteiger partial charge < -0.3 is 11.5 Å². The molecule has 0 aromatic heterocycles. The summed E-state index contributed by atoms with van der Waals surface area (Å²) in [6, 6.07) is 5.72. The molecular formula is C14H19N3O3S. The van der Waals surface area contributed by atoms with Gasteiger partial charge in [-0.05, 0) is 38.1 Å². The maximum absolute atomic E-state index is 12.5. The Bertz CT molecular complexity index is 655. The second-order valence-electron chi connectivity index (χ2n) is 4.64. The largest absolute Gasteiger partial charge is 0.369 e. The Balaban J connectivity index is 3.13. The first-order chi connectivity index (χ1) is 9.78. The second kappa shape index (κ2) is 7.22. The van der Waals surface area contributed by atoms with Gasteiger partial charge in [0.15, 0.2) is 0 Å². The molecule has 0 heterocycles. The van der Waals surface area contributed by atoms with Crippen molar-refractivity contribution in [3.05, 3.63) is 29.8 Å². The fourth-order valence-corrected chi connectivity index (χ4v) is 3.30. The van der Waals surface area contributed by atoms with Crippen molar-refractivity contribution in [3.8, 4) is 11.8 Å². The minimum absolute atomic E-state index is 0.0933. The monoisotopic (exact) mass is 309 g/mol. The van der Waals surface area contributed by atoms with E-state index in [9.17, 15) is 13.2 Å². The average molecular weight is 309 g/mol. The van der Waals surface area contributed by atoms with Crippen LogP contribution in [0.25, 0.3) is 0 Å². The average Bonchev–Trinajstić information content (AvgIpc) is 2.42. The first-order valence-corrected chi connectivity index (χ1v) is 7.82. The van der Waals surface area contributed by atoms with E-state index in [0.717, 1.165) is 4.31 Å². The molecule has 0 aliphatic rings. The van der Waals surface area contributed by atoms with Gasteiger partial charge in [-0.15, -0.1) is 0 Å². The number of nitrogens with two attached hydrogens (primary N) is 2. The third-order valence-corrected chi connectivity index (χ3v) is 4.72. The summed E-state index contributed by atoms with van der Waals surface area (Å²) >= 11 is 0. The minimum Gasteiger partial charge on any atom is -0.369 e. The van der Waals surface area contributed by atoms with Crippen LogP contribution in [-0.2, 0) is 14.8 Å². The van der Waals surface area contributed by atoms with Crippen molar-refractivity contribution in [2.45, 2.75) is 24.8 Å². The van der Waals surface area contributed by atoms with E-state index < -0.39 is 15.9 Å². The topological polar surface area (TPSA) is 106 Å². The molecule has 0 aliphatic carbocycles. The highest BCUT2D eigenvalue weighted by Gasteiger charge is 2.28. The summed E-state index contributed by atoms with van der Waals surface area (Å²) in [5, 5.41) is 0. The molecule has 0 bridgehead atoms. The van der Waals surface area contributed by atoms with Gasteiger partial charge in [0.2, 0.25) is 15.9 Å². The quantitative estimate of drug-likeness (QED) is 0.739. The highest BCUT2D eigenvalue weighted by Crippen LogP contribution is 2.18. The van der Waals surface area contributed by atoms with Crippen molar-refractivity contribution in [3.63, 3.8) is 0 Å². The molecule has 0 spiro atoms. The standard InChI is InChI=1S/C14H19N3O3S/c1-11(2)17(10-14(16)18)21(19,20)13-7-5-12(6-8-13)4-3-9-15/h5-8,11H,9-10,15H2,1-2H3,(H2,16,18). The van der Waals surface area contributed by atoms with Crippen molar-refractivity contribution in [2.24, 2.45) is 11.5 Å². The summed E-state index contributed by atoms with van der Waals surface area (Å²) in [6.45, 7) is 3.25. The number of hydrogen-bond acceptors (Lipinski definition) is 4. The lowest BCUT2D eigenvalue weighted by Crippen LogP contribution is -2.42. The van der Waals surface area contributed by atoms with E-state index in [-0.39, 0.29) is 24.0 Å². The SMILES string of the molecule is CC(C)N(CC(N)=O)S(=O)(=O)c1ccc(C#CCN)cc1. The zero-order valence-electron chi connectivity index (χ0n) is 12.0. The summed E-state index contributed by atoms with van der Waals surface area (Å²) < 4.78 is 26.1. The number of primary amides is 1. The fourth-order valence-electron chi connectivity index (χ4n) is 1.70. The molecule has 0 aliphatic heterocycles. The number of amides is 1. The number of carbonyl (C=O) groups is 1. The normalized spacial score (nSPS) is 11.3. The van der Waals surface area contributed by atoms with Crippen LogP contribution in [0.2, 0.25) is 0 Å². The van der Waals surface area contributed by atoms with E-state index in [2.05, 4.69) is 11.8 Å². The smallest absolute Gasteiger partial charge is 0.243 e. The maximum Gasteiger partial charge on any atom is 0.243 e. The van der Waals surface area contributed by atoms with Gasteiger partial charge in [-0.1, -0.05) is 11.8 Å². The molecule has 0 fully saturated rings. The number of hydrogen-bond donors (Lipinski definition) is 2. The molecule has 21 heavy (non-hydrogen) atoms. The van der Waals surface area contributed by atoms with Crippen molar-refractivity contribution >= 4 is 15.9 Å². The van der Waals surface area contributed by atoms with E-state index >= 15 is 0 Å². The lowest BCUT2D eigenvalue weighted by molar-refractivity contribution is -0.118. The summed E-state index contributed by atoms with van der Waals surface area (Å²) in [5.74, 6) is 4.80. The van der Waals surface area contributed by atoms with Gasteiger partial charge in [0.1, 0.15) is 0 Å². The zero-order chi connectivity index (χ0) is 16.0. The first kappa shape index (κ1) is 17.2. The molecule has 114 valence electrons. The third-order valence-electron chi connectivity index (χ3n) is 2.68. The van der Waals surface area contributed by atoms with Crippen LogP contribution in [-0.4, -0.2) is 37.8 Å². The van der Waals surface area contributed by atoms with Crippen molar-refractivity contribution in [1.82, 2.24) is 4.31 Å². The molecule has 0 unspecified atom stereocenters. The summed E-state index contributed by atoms with van der Waals surface area (Å²) in [7, 11) is -3.77. The van der Waals surface area contributed by atoms with Gasteiger partial charge in [-0.2, -0.15) is 4.31 Å². The van der Waals surface area contributed by atoms with Crippen LogP contribution in [0.1, 0.15) is 19.4 Å². The molecule has 4 N–H and O–H groups in total. The van der Waals surface area contributed by atoms with Gasteiger partial charge in [0.25, 0.3) is 0 Å². The van der Waals surface area contributed by atoms with Crippen LogP contribution < -0.4 is 11.5 Å². The van der Waals surface area contributed by atoms with E-state index in [4.69, 9.17) is 11.5 Å². The van der Waals surface area contributed by atoms with Crippen molar-refractivity contribution in [2.75, 3.05) is 13.1 Å². The van der Waals surface area contributed by atoms with E-state index in [0.29, 0.717) is 5.56 Å². The van der Waals surface area contributed by atoms with Crippen LogP contribution in [0.3, 0.4) is 0 Å². The van der Waals surface area contributed by atoms with Crippen LogP contribution in [0, 0.1) is 11.8 Å². The van der Waals surface area contributed by atoms with Gasteiger partial charge in [-0.3, -0.25) is 4.79 Å². The highest BCUT2D eigenvalue weighted by atomic mass is 32.2. The van der Waals surface area contributed by atoms with Crippen molar-refractivity contribution in [1.29, 1.82) is 0 Å². The molecule has 1 aromatic carbocycles. The molecule has 1 aromatic rings. The van der Waals surface area contributed by atoms with Gasteiger partial charge in [0.05, 0.1) is 18.0 Å². The lowest BCUT2D eigenvalue weighted by atomic mass is 10.2. The molecule has 0 saturated heterocycles. The van der Waals surface area contributed by atoms with Crippen molar-refractivity contribution < 1.29 is 13.2 Å². The van der Waals surface area contributed by atoms with Gasteiger partial charge in [-0.25, -0.2) is 8.42 Å². The Morgan fingerprint density at radius 3 is 2.29 bits per heavy atom. The molecule has 7 heteroatoms. The summed E-state index contributed by atoms with van der Waals surface area (Å²) in [5.41, 5.74) is 11.1. The van der Waals surface area contributed by atoms with Gasteiger partial charge in [0, 0.05) is 11.6 Å². The van der Waals surface area contributed by atoms with Gasteiger partial charge >= 0.3 is 0 Å². The molecule has 0 radical (unpaired) electrons. The number of sulfonamides is 1. The number of rotatable bonds is 5. The molecule has 6 nitrogen and oxygen atoms in total. The Kier molecular flexibility index (Phi) is 5.90. The third kappa shape index (κ3) is 4.56. The lowest BCUT2D eigenvalue weighted by Gasteiger charge is -2.24. The molecule has 0 atom stereocenters. The highest BCUT2D eigenvalue weighted by molar-refractivity contribution is 7.89. The Morgan fingerprint density at radius 1 is 1.29 bits per heavy atom. The van der Waals surface area contributed by atoms with E-state index in [1.807, 2.05) is 0 Å². The summed E-state index contributed by atoms with van der Waals surface area (Å²) in [6.07, 6.45) is 0. The second-order valence-corrected chi connectivity index (χ2v) is 6.53. The number of carbonyl (C=O) groups excluding carboxylic acids is 1. The van der Waals surface area contributed by atoms with Crippen LogP contribution >= 0.6 is 0 Å². The first-order valence-electron chi connectivity index (χ1n) is 6.38. The molecular weight excluding hydrogens is 290 g/mol. The Morgan fingerprint density at radius 2 is 1.86 bits per heavy atom. The molecule has 0 saturated carbocycles. The number of benzene rings is 1. The Labute approximate surface area is 125 Å². The number of nitrogens with zero attached hydrogens (tertiary/aromatic N) is 1. The molecule has 1 amide bonds. The van der Waals surface area contributed by atoms with Crippen LogP contribution in [0.15, 0.2) is 29.2 Å². The van der Waals surface area contributed by atoms with Crippen LogP contribution in [0.4, 0.5) is 0 Å². The fraction of sp³-hybridized carbons (Fsp3) is 0.357. The predicted octanol–water partition coefficient (Wildman–Crippen LogP) is -0.119. The zero-order valence-corrected chi connectivity index (χ0v) is 12.9. The summed E-state index contributed by atoms with van der Waals surface area (Å²) in [4.78, 5) is 11.1. The Hall–Kier alpha value is -1.88. The maximum atomic E-state index is 12.5. The predicted molar refractivity (Wildman–Crippen MR) is 80.6 cm³/mol. The van der Waals surface area contributed by atoms with E-state index in [1.165, 1.54) is 12.1 Å².